The van der Waals surface area contributed by atoms with Gasteiger partial charge in [-0.3, -0.25) is 0 Å². The zero-order valence-electron chi connectivity index (χ0n) is 9.28. The number of nitrogens with one attached hydrogen (secondary N) is 1. The number of benzene rings is 1. The van der Waals surface area contributed by atoms with Gasteiger partial charge in [0.2, 0.25) is 0 Å². The molecule has 0 spiro atoms. The number of carboxylic acids is 1. The Morgan fingerprint density at radius 2 is 2.35 bits per heavy atom. The fourth-order valence-electron chi connectivity index (χ4n) is 1.94. The number of hydrogen-bond acceptors (Lipinski definition) is 3. The lowest BCUT2D eigenvalue weighted by Crippen LogP contribution is -2.26. The first kappa shape index (κ1) is 12.2. The molecule has 1 aromatic carbocycles. The van der Waals surface area contributed by atoms with Crippen molar-refractivity contribution in [3.63, 3.8) is 0 Å². The van der Waals surface area contributed by atoms with Crippen molar-refractivity contribution >= 4 is 23.4 Å². The summed E-state index contributed by atoms with van der Waals surface area (Å²) in [6, 6.07) is 4.55. The van der Waals surface area contributed by atoms with Crippen molar-refractivity contribution in [2.24, 2.45) is 0 Å². The summed E-state index contributed by atoms with van der Waals surface area (Å²) in [5.74, 6) is 0.169. The van der Waals surface area contributed by atoms with Gasteiger partial charge in [0.05, 0.1) is 5.69 Å². The number of hydrogen-bond donors (Lipinski definition) is 2. The minimum absolute atomic E-state index is 0.230. The molecular weight excluding hydrogens is 241 g/mol. The van der Waals surface area contributed by atoms with Crippen LogP contribution in [0.2, 0.25) is 0 Å². The number of anilines is 1. The summed E-state index contributed by atoms with van der Waals surface area (Å²) in [5.41, 5.74) is 0.119. The van der Waals surface area contributed by atoms with E-state index in [-0.39, 0.29) is 11.6 Å². The minimum atomic E-state index is -1.23. The van der Waals surface area contributed by atoms with Gasteiger partial charge in [0.1, 0.15) is 11.4 Å². The predicted octanol–water partition coefficient (Wildman–Crippen LogP) is 2.83. The Labute approximate surface area is 103 Å². The number of carbonyl (C=O) groups is 1. The SMILES string of the molecule is O=C(O)c1c(F)cccc1NC1CCCSC1. The highest BCUT2D eigenvalue weighted by molar-refractivity contribution is 7.99. The van der Waals surface area contributed by atoms with Gasteiger partial charge in [-0.15, -0.1) is 0 Å². The van der Waals surface area contributed by atoms with E-state index in [0.29, 0.717) is 5.69 Å². The van der Waals surface area contributed by atoms with Gasteiger partial charge in [0.25, 0.3) is 0 Å². The topological polar surface area (TPSA) is 49.3 Å². The van der Waals surface area contributed by atoms with E-state index in [1.54, 1.807) is 6.07 Å². The van der Waals surface area contributed by atoms with Crippen molar-refractivity contribution in [3.8, 4) is 0 Å². The first-order chi connectivity index (χ1) is 8.18. The molecule has 5 heteroatoms. The second-order valence-electron chi connectivity index (χ2n) is 4.03. The van der Waals surface area contributed by atoms with Crippen LogP contribution in [0.1, 0.15) is 23.2 Å². The van der Waals surface area contributed by atoms with E-state index in [1.165, 1.54) is 12.1 Å². The molecule has 0 saturated carbocycles. The van der Waals surface area contributed by atoms with Crippen molar-refractivity contribution < 1.29 is 14.3 Å². The molecule has 92 valence electrons. The van der Waals surface area contributed by atoms with Crippen molar-refractivity contribution in [2.75, 3.05) is 16.8 Å². The average molecular weight is 255 g/mol. The highest BCUT2D eigenvalue weighted by Crippen LogP contribution is 2.24. The number of thioether (sulfide) groups is 1. The third kappa shape index (κ3) is 2.91. The summed E-state index contributed by atoms with van der Waals surface area (Å²) >= 11 is 1.84. The molecule has 2 N–H and O–H groups in total. The normalized spacial score (nSPS) is 19.9. The van der Waals surface area contributed by atoms with E-state index < -0.39 is 11.8 Å². The van der Waals surface area contributed by atoms with Crippen LogP contribution < -0.4 is 5.32 Å². The summed E-state index contributed by atoms with van der Waals surface area (Å²) < 4.78 is 13.4. The molecule has 0 aliphatic carbocycles. The van der Waals surface area contributed by atoms with Crippen molar-refractivity contribution in [2.45, 2.75) is 18.9 Å². The number of aromatic carboxylic acids is 1. The Balaban J connectivity index is 2.19. The van der Waals surface area contributed by atoms with Crippen molar-refractivity contribution in [3.05, 3.63) is 29.6 Å². The van der Waals surface area contributed by atoms with Gasteiger partial charge in [-0.25, -0.2) is 9.18 Å². The van der Waals surface area contributed by atoms with Gasteiger partial charge in [0, 0.05) is 11.8 Å². The minimum Gasteiger partial charge on any atom is -0.478 e. The first-order valence-corrected chi connectivity index (χ1v) is 6.70. The molecule has 0 bridgehead atoms. The molecule has 3 nitrogen and oxygen atoms in total. The highest BCUT2D eigenvalue weighted by atomic mass is 32.2. The predicted molar refractivity (Wildman–Crippen MR) is 67.3 cm³/mol. The molecule has 2 rings (SSSR count). The average Bonchev–Trinajstić information content (AvgIpc) is 2.30. The molecule has 1 atom stereocenters. The Morgan fingerprint density at radius 1 is 1.53 bits per heavy atom. The number of carboxylic acid groups (broad SMARTS) is 1. The molecule has 1 aliphatic rings. The fourth-order valence-corrected chi connectivity index (χ4v) is 3.01. The molecule has 0 aromatic heterocycles. The van der Waals surface area contributed by atoms with Crippen LogP contribution in [0.5, 0.6) is 0 Å². The number of rotatable bonds is 3. The molecule has 1 aliphatic heterocycles. The maximum atomic E-state index is 13.4. The highest BCUT2D eigenvalue weighted by Gasteiger charge is 2.19. The molecule has 1 fully saturated rings. The molecular formula is C12H14FNO2S. The summed E-state index contributed by atoms with van der Waals surface area (Å²) in [5, 5.41) is 12.1. The lowest BCUT2D eigenvalue weighted by atomic mass is 10.1. The zero-order chi connectivity index (χ0) is 12.3. The van der Waals surface area contributed by atoms with Crippen molar-refractivity contribution in [1.82, 2.24) is 0 Å². The summed E-state index contributed by atoms with van der Waals surface area (Å²) in [7, 11) is 0. The monoisotopic (exact) mass is 255 g/mol. The van der Waals surface area contributed by atoms with Gasteiger partial charge >= 0.3 is 5.97 Å². The van der Waals surface area contributed by atoms with Gasteiger partial charge in [-0.1, -0.05) is 6.07 Å². The summed E-state index contributed by atoms with van der Waals surface area (Å²) in [6.45, 7) is 0. The maximum absolute atomic E-state index is 13.4. The second-order valence-corrected chi connectivity index (χ2v) is 5.18. The Bertz CT molecular complexity index is 419. The lowest BCUT2D eigenvalue weighted by Gasteiger charge is -2.24. The first-order valence-electron chi connectivity index (χ1n) is 5.54. The van der Waals surface area contributed by atoms with Crippen LogP contribution in [-0.4, -0.2) is 28.6 Å². The molecule has 1 saturated heterocycles. The third-order valence-corrected chi connectivity index (χ3v) is 3.96. The Kier molecular flexibility index (Phi) is 3.89. The van der Waals surface area contributed by atoms with E-state index >= 15 is 0 Å². The standard InChI is InChI=1S/C12H14FNO2S/c13-9-4-1-5-10(11(9)12(15)16)14-8-3-2-6-17-7-8/h1,4-5,8,14H,2-3,6-7H2,(H,15,16). The number of halogens is 1. The van der Waals surface area contributed by atoms with Crippen LogP contribution >= 0.6 is 11.8 Å². The van der Waals surface area contributed by atoms with Crippen molar-refractivity contribution in [1.29, 1.82) is 0 Å². The molecule has 1 aromatic rings. The second kappa shape index (κ2) is 5.40. The molecule has 17 heavy (non-hydrogen) atoms. The van der Waals surface area contributed by atoms with Gasteiger partial charge in [-0.2, -0.15) is 11.8 Å². The third-order valence-electron chi connectivity index (χ3n) is 2.75. The molecule has 1 heterocycles. The van der Waals surface area contributed by atoms with E-state index in [0.717, 1.165) is 24.3 Å². The van der Waals surface area contributed by atoms with Gasteiger partial charge in [-0.05, 0) is 30.7 Å². The van der Waals surface area contributed by atoms with Crippen LogP contribution in [0, 0.1) is 5.82 Å². The fraction of sp³-hybridized carbons (Fsp3) is 0.417. The smallest absolute Gasteiger partial charge is 0.340 e. The summed E-state index contributed by atoms with van der Waals surface area (Å²) in [6.07, 6.45) is 2.11. The Morgan fingerprint density at radius 3 is 3.00 bits per heavy atom. The molecule has 1 unspecified atom stereocenters. The van der Waals surface area contributed by atoms with E-state index in [2.05, 4.69) is 5.32 Å². The van der Waals surface area contributed by atoms with E-state index in [9.17, 15) is 9.18 Å². The van der Waals surface area contributed by atoms with Crippen LogP contribution in [-0.2, 0) is 0 Å². The van der Waals surface area contributed by atoms with Crippen LogP contribution in [0.25, 0.3) is 0 Å². The van der Waals surface area contributed by atoms with Crippen LogP contribution in [0.15, 0.2) is 18.2 Å². The lowest BCUT2D eigenvalue weighted by molar-refractivity contribution is 0.0693. The van der Waals surface area contributed by atoms with E-state index in [4.69, 9.17) is 5.11 Å². The quantitative estimate of drug-likeness (QED) is 0.872. The van der Waals surface area contributed by atoms with E-state index in [1.807, 2.05) is 11.8 Å². The molecule has 0 amide bonds. The largest absolute Gasteiger partial charge is 0.478 e. The summed E-state index contributed by atoms with van der Waals surface area (Å²) in [4.78, 5) is 11.0. The molecule has 0 radical (unpaired) electrons. The van der Waals surface area contributed by atoms with Crippen LogP contribution in [0.3, 0.4) is 0 Å². The maximum Gasteiger partial charge on any atom is 0.340 e. The zero-order valence-corrected chi connectivity index (χ0v) is 10.1. The van der Waals surface area contributed by atoms with Gasteiger partial charge in [0.15, 0.2) is 0 Å². The van der Waals surface area contributed by atoms with Crippen LogP contribution in [0.4, 0.5) is 10.1 Å². The Hall–Kier alpha value is -1.23. The van der Waals surface area contributed by atoms with Gasteiger partial charge < -0.3 is 10.4 Å².